The maximum atomic E-state index is 9.71. The number of urea groups is 1. The van der Waals surface area contributed by atoms with Gasteiger partial charge in [0.05, 0.1) is 0 Å². The molecule has 0 spiro atoms. The first-order chi connectivity index (χ1) is 3.66. The van der Waals surface area contributed by atoms with Crippen LogP contribution in [0.2, 0.25) is 0 Å². The third-order valence-corrected chi connectivity index (χ3v) is 0.294. The van der Waals surface area contributed by atoms with Gasteiger partial charge >= 0.3 is 6.03 Å². The van der Waals surface area contributed by atoms with Gasteiger partial charge in [0, 0.05) is 0 Å². The molecular formula is CH7N4O4+. The lowest BCUT2D eigenvalue weighted by atomic mass is 11.1. The van der Waals surface area contributed by atoms with Gasteiger partial charge in [-0.2, -0.15) is 0 Å². The van der Waals surface area contributed by atoms with Crippen LogP contribution in [0.4, 0.5) is 4.79 Å². The van der Waals surface area contributed by atoms with Crippen LogP contribution < -0.4 is 17.1 Å². The van der Waals surface area contributed by atoms with Crippen LogP contribution in [0.1, 0.15) is 0 Å². The Morgan fingerprint density at radius 3 is 2.22 bits per heavy atom. The van der Waals surface area contributed by atoms with E-state index in [9.17, 15) is 14.9 Å². The Hall–Kier alpha value is -1.41. The first kappa shape index (κ1) is 10.5. The summed E-state index contributed by atoms with van der Waals surface area (Å²) in [5, 5.41) is 15.8. The molecule has 0 heterocycles. The number of hydroxylamine groups is 1. The molecule has 0 aromatic heterocycles. The van der Waals surface area contributed by atoms with E-state index in [-0.39, 0.29) is 6.15 Å². The van der Waals surface area contributed by atoms with Gasteiger partial charge in [-0.05, 0) is 5.43 Å². The Balaban J connectivity index is 0. The predicted molar refractivity (Wildman–Crippen MR) is 26.4 cm³/mol. The summed E-state index contributed by atoms with van der Waals surface area (Å²) in [5.41, 5.74) is 2.12. The Kier molecular flexibility index (Phi) is 5.56. The van der Waals surface area contributed by atoms with Crippen LogP contribution in [0.5, 0.6) is 0 Å². The number of hydrogen-bond acceptors (Lipinski definition) is 4. The van der Waals surface area contributed by atoms with E-state index in [0.29, 0.717) is 0 Å². The molecule has 0 bridgehead atoms. The molecule has 8 nitrogen and oxygen atoms in total. The second-order valence-corrected chi connectivity index (χ2v) is 0.810. The Bertz CT molecular complexity index is 111. The van der Waals surface area contributed by atoms with Crippen molar-refractivity contribution in [1.82, 2.24) is 17.1 Å². The van der Waals surface area contributed by atoms with Crippen LogP contribution in [-0.4, -0.2) is 16.3 Å². The highest BCUT2D eigenvalue weighted by Crippen LogP contribution is 1.58. The highest BCUT2D eigenvalue weighted by atomic mass is 16.7. The van der Waals surface area contributed by atoms with Gasteiger partial charge in [0.25, 0.3) is 0 Å². The standard InChI is InChI=1S/CH3N3O4.H3N/c5-1(3-6)2-4(7)8;/h6H,(H2,2,3,5);1H3/p+1. The van der Waals surface area contributed by atoms with Crippen molar-refractivity contribution >= 4 is 6.03 Å². The number of nitrogens with one attached hydrogen (secondary N) is 2. The summed E-state index contributed by atoms with van der Waals surface area (Å²) < 4.78 is 0. The quantitative estimate of drug-likeness (QED) is 0.215. The fraction of sp³-hybridized carbons (Fsp3) is 0. The van der Waals surface area contributed by atoms with E-state index in [1.165, 1.54) is 0 Å². The summed E-state index contributed by atoms with van der Waals surface area (Å²) in [5.74, 6) is 0. The molecule has 7 N–H and O–H groups in total. The van der Waals surface area contributed by atoms with E-state index in [0.717, 1.165) is 10.9 Å². The highest BCUT2D eigenvalue weighted by molar-refractivity contribution is 5.70. The summed E-state index contributed by atoms with van der Waals surface area (Å²) in [6.45, 7) is 0. The Morgan fingerprint density at radius 2 is 2.11 bits per heavy atom. The molecule has 54 valence electrons. The fourth-order valence-electron chi connectivity index (χ4n) is 0.108. The average Bonchev–Trinajstić information content (AvgIpc) is 1.65. The van der Waals surface area contributed by atoms with Crippen LogP contribution in [0, 0.1) is 10.1 Å². The molecule has 8 heteroatoms. The SMILES string of the molecule is O=C(NO)N[N+](=O)[O-].[NH4+]. The first-order valence-corrected chi connectivity index (χ1v) is 1.52. The van der Waals surface area contributed by atoms with Crippen LogP contribution in [0.3, 0.4) is 0 Å². The lowest BCUT2D eigenvalue weighted by Gasteiger charge is -1.89. The summed E-state index contributed by atoms with van der Waals surface area (Å²) in [7, 11) is 0. The number of carbonyl (C=O) groups is 1. The minimum absolute atomic E-state index is 0. The van der Waals surface area contributed by atoms with E-state index in [4.69, 9.17) is 5.21 Å². The second-order valence-electron chi connectivity index (χ2n) is 0.810. The number of rotatable bonds is 1. The second kappa shape index (κ2) is 4.74. The van der Waals surface area contributed by atoms with Crippen molar-refractivity contribution < 1.29 is 15.0 Å². The topological polar surface area (TPSA) is 141 Å². The number of amides is 2. The van der Waals surface area contributed by atoms with Gasteiger partial charge in [-0.1, -0.05) is 0 Å². The molecular weight excluding hydrogens is 132 g/mol. The zero-order chi connectivity index (χ0) is 6.57. The van der Waals surface area contributed by atoms with Crippen LogP contribution in [-0.2, 0) is 0 Å². The summed E-state index contributed by atoms with van der Waals surface area (Å²) in [6.07, 6.45) is 0. The molecule has 9 heavy (non-hydrogen) atoms. The van der Waals surface area contributed by atoms with Gasteiger partial charge < -0.3 is 6.15 Å². The van der Waals surface area contributed by atoms with Gasteiger partial charge in [-0.15, -0.1) is 0 Å². The zero-order valence-corrected chi connectivity index (χ0v) is 4.62. The Morgan fingerprint density at radius 1 is 1.67 bits per heavy atom. The molecule has 0 unspecified atom stereocenters. The minimum Gasteiger partial charge on any atom is -0.369 e. The van der Waals surface area contributed by atoms with E-state index < -0.39 is 11.1 Å². The van der Waals surface area contributed by atoms with Crippen molar-refractivity contribution in [3.05, 3.63) is 10.1 Å². The van der Waals surface area contributed by atoms with Gasteiger partial charge in [-0.3, -0.25) is 5.21 Å². The fourth-order valence-corrected chi connectivity index (χ4v) is 0.108. The molecule has 0 saturated heterocycles. The molecule has 2 amide bonds. The highest BCUT2D eigenvalue weighted by Gasteiger charge is 2.01. The molecule has 0 radical (unpaired) electrons. The maximum absolute atomic E-state index is 9.71. The van der Waals surface area contributed by atoms with Crippen LogP contribution >= 0.6 is 0 Å². The average molecular weight is 139 g/mol. The van der Waals surface area contributed by atoms with Gasteiger partial charge in [0.15, 0.2) is 5.03 Å². The van der Waals surface area contributed by atoms with Gasteiger partial charge in [0.2, 0.25) is 0 Å². The molecule has 0 aliphatic rings. The van der Waals surface area contributed by atoms with Crippen molar-refractivity contribution in [1.29, 1.82) is 0 Å². The van der Waals surface area contributed by atoms with Crippen LogP contribution in [0.25, 0.3) is 0 Å². The Labute approximate surface area is 49.5 Å². The van der Waals surface area contributed by atoms with Crippen LogP contribution in [0.15, 0.2) is 0 Å². The largest absolute Gasteiger partial charge is 0.396 e. The number of hydrogen-bond donors (Lipinski definition) is 4. The molecule has 0 rings (SSSR count). The minimum atomic E-state index is -1.27. The van der Waals surface area contributed by atoms with Gasteiger partial charge in [-0.25, -0.2) is 20.4 Å². The van der Waals surface area contributed by atoms with Crippen molar-refractivity contribution in [2.75, 3.05) is 0 Å². The molecule has 0 aliphatic carbocycles. The monoisotopic (exact) mass is 139 g/mol. The predicted octanol–water partition coefficient (Wildman–Crippen LogP) is -0.757. The number of quaternary nitrogens is 1. The molecule has 0 fully saturated rings. The van der Waals surface area contributed by atoms with E-state index in [1.807, 2.05) is 0 Å². The molecule has 0 aliphatic heterocycles. The van der Waals surface area contributed by atoms with Crippen molar-refractivity contribution in [2.45, 2.75) is 0 Å². The van der Waals surface area contributed by atoms with Crippen molar-refractivity contribution in [3.63, 3.8) is 0 Å². The third kappa shape index (κ3) is 6.59. The number of nitrogens with zero attached hydrogens (tertiary/aromatic N) is 1. The normalized spacial score (nSPS) is 6.78. The van der Waals surface area contributed by atoms with Gasteiger partial charge in [0.1, 0.15) is 0 Å². The molecule has 0 saturated carbocycles. The summed E-state index contributed by atoms with van der Waals surface area (Å²) in [6, 6.07) is -1.27. The number of nitro groups is 1. The van der Waals surface area contributed by atoms with E-state index in [2.05, 4.69) is 0 Å². The van der Waals surface area contributed by atoms with E-state index >= 15 is 0 Å². The molecule has 0 atom stereocenters. The maximum Gasteiger partial charge on any atom is 0.396 e. The van der Waals surface area contributed by atoms with E-state index in [1.54, 1.807) is 0 Å². The summed E-state index contributed by atoms with van der Waals surface area (Å²) >= 11 is 0. The summed E-state index contributed by atoms with van der Waals surface area (Å²) in [4.78, 5) is 19.0. The van der Waals surface area contributed by atoms with Crippen molar-refractivity contribution in [3.8, 4) is 0 Å². The number of hydrazine groups is 1. The smallest absolute Gasteiger partial charge is 0.369 e. The molecule has 0 aromatic rings. The first-order valence-electron chi connectivity index (χ1n) is 1.52. The zero-order valence-electron chi connectivity index (χ0n) is 4.62. The van der Waals surface area contributed by atoms with Crippen molar-refractivity contribution in [2.24, 2.45) is 0 Å². The lowest BCUT2D eigenvalue weighted by Crippen LogP contribution is -2.36. The number of carbonyl (C=O) groups excluding carboxylic acids is 1. The third-order valence-electron chi connectivity index (χ3n) is 0.294. The molecule has 0 aromatic carbocycles. The lowest BCUT2D eigenvalue weighted by molar-refractivity contribution is -0.528.